The molecule has 3 heteroatoms. The van der Waals surface area contributed by atoms with Crippen LogP contribution in [0.15, 0.2) is 60.7 Å². The summed E-state index contributed by atoms with van der Waals surface area (Å²) in [7, 11) is 0. The van der Waals surface area contributed by atoms with Gasteiger partial charge in [-0.15, -0.1) is 0 Å². The van der Waals surface area contributed by atoms with Gasteiger partial charge in [0.05, 0.1) is 5.52 Å². The zero-order valence-electron chi connectivity index (χ0n) is 16.7. The fraction of sp³-hybridized carbons (Fsp3) is 0.400. The van der Waals surface area contributed by atoms with Gasteiger partial charge in [-0.05, 0) is 49.4 Å². The zero-order valence-corrected chi connectivity index (χ0v) is 18.3. The number of halogens is 1. The number of aryl methyl sites for hydroxylation is 1. The molecule has 0 radical (unpaired) electrons. The van der Waals surface area contributed by atoms with Crippen LogP contribution in [0.5, 0.6) is 11.6 Å². The van der Waals surface area contributed by atoms with Gasteiger partial charge in [0.1, 0.15) is 5.75 Å². The van der Waals surface area contributed by atoms with Gasteiger partial charge in [0, 0.05) is 16.3 Å². The maximum Gasteiger partial charge on any atom is 0.219 e. The maximum absolute atomic E-state index is 5.93. The first-order valence-electron chi connectivity index (χ1n) is 10.5. The molecule has 2 nitrogen and oxygen atoms in total. The predicted molar refractivity (Wildman–Crippen MR) is 123 cm³/mol. The second-order valence-electron chi connectivity index (χ2n) is 7.39. The number of fused-ring (bicyclic) bond motifs is 1. The molecule has 1 atom stereocenters. The van der Waals surface area contributed by atoms with Gasteiger partial charge in [0.15, 0.2) is 0 Å². The summed E-state index contributed by atoms with van der Waals surface area (Å²) in [4.78, 5) is 5.47. The van der Waals surface area contributed by atoms with Gasteiger partial charge in [0.25, 0.3) is 0 Å². The first-order chi connectivity index (χ1) is 13.8. The van der Waals surface area contributed by atoms with E-state index in [9.17, 15) is 0 Å². The number of benzene rings is 2. The minimum absolute atomic E-state index is 0.655. The van der Waals surface area contributed by atoms with Gasteiger partial charge in [-0.1, -0.05) is 84.9 Å². The Morgan fingerprint density at radius 1 is 0.857 bits per heavy atom. The van der Waals surface area contributed by atoms with E-state index in [1.54, 1.807) is 0 Å². The minimum Gasteiger partial charge on any atom is -0.439 e. The van der Waals surface area contributed by atoms with Crippen LogP contribution < -0.4 is 4.74 Å². The van der Waals surface area contributed by atoms with Crippen LogP contribution in [0.2, 0.25) is 0 Å². The van der Waals surface area contributed by atoms with Crippen molar-refractivity contribution in [3.8, 4) is 11.6 Å². The molecule has 0 aliphatic carbocycles. The highest BCUT2D eigenvalue weighted by atomic mass is 79.9. The third kappa shape index (κ3) is 6.34. The number of pyridine rings is 1. The van der Waals surface area contributed by atoms with Crippen LogP contribution in [0.25, 0.3) is 10.9 Å². The molecule has 2 aromatic carbocycles. The van der Waals surface area contributed by atoms with E-state index in [4.69, 9.17) is 9.72 Å². The molecule has 1 heterocycles. The summed E-state index contributed by atoms with van der Waals surface area (Å²) in [6, 6.07) is 20.4. The van der Waals surface area contributed by atoms with Gasteiger partial charge >= 0.3 is 0 Å². The highest BCUT2D eigenvalue weighted by Crippen LogP contribution is 2.25. The molecule has 1 unspecified atom stereocenters. The lowest BCUT2D eigenvalue weighted by Crippen LogP contribution is -1.99. The Labute approximate surface area is 177 Å². The molecule has 3 aromatic rings. The largest absolute Gasteiger partial charge is 0.439 e. The fourth-order valence-electron chi connectivity index (χ4n) is 3.50. The van der Waals surface area contributed by atoms with Crippen molar-refractivity contribution in [2.45, 2.75) is 63.1 Å². The van der Waals surface area contributed by atoms with E-state index in [0.29, 0.717) is 10.7 Å². The van der Waals surface area contributed by atoms with Crippen LogP contribution in [0.1, 0.15) is 57.4 Å². The SMILES string of the molecule is CCCCCC(Br)CCCCc1cccc2ccc(Oc3ccccc3)nc12. The summed E-state index contributed by atoms with van der Waals surface area (Å²) in [6.07, 6.45) is 10.0. The highest BCUT2D eigenvalue weighted by molar-refractivity contribution is 9.09. The van der Waals surface area contributed by atoms with E-state index < -0.39 is 0 Å². The highest BCUT2D eigenvalue weighted by Gasteiger charge is 2.07. The quantitative estimate of drug-likeness (QED) is 0.222. The third-order valence-corrected chi connectivity index (χ3v) is 5.99. The van der Waals surface area contributed by atoms with Crippen LogP contribution in [0.4, 0.5) is 0 Å². The number of hydrogen-bond donors (Lipinski definition) is 0. The van der Waals surface area contributed by atoms with Crippen molar-refractivity contribution < 1.29 is 4.74 Å². The van der Waals surface area contributed by atoms with Gasteiger partial charge in [-0.3, -0.25) is 0 Å². The molecule has 0 saturated carbocycles. The van der Waals surface area contributed by atoms with Crippen molar-refractivity contribution in [1.82, 2.24) is 4.98 Å². The van der Waals surface area contributed by atoms with Crippen molar-refractivity contribution in [2.24, 2.45) is 0 Å². The zero-order chi connectivity index (χ0) is 19.6. The lowest BCUT2D eigenvalue weighted by Gasteiger charge is -2.11. The predicted octanol–water partition coefficient (Wildman–Crippen LogP) is 8.08. The first-order valence-corrected chi connectivity index (χ1v) is 11.4. The number of ether oxygens (including phenoxy) is 1. The number of hydrogen-bond acceptors (Lipinski definition) is 2. The van der Waals surface area contributed by atoms with Gasteiger partial charge in [0.2, 0.25) is 5.88 Å². The summed E-state index contributed by atoms with van der Waals surface area (Å²) in [5.41, 5.74) is 2.38. The Bertz CT molecular complexity index is 850. The van der Waals surface area contributed by atoms with E-state index in [1.165, 1.54) is 55.9 Å². The molecule has 0 spiro atoms. The molecule has 0 fully saturated rings. The van der Waals surface area contributed by atoms with Crippen LogP contribution in [-0.4, -0.2) is 9.81 Å². The van der Waals surface area contributed by atoms with E-state index in [2.05, 4.69) is 47.1 Å². The average Bonchev–Trinajstić information content (AvgIpc) is 2.72. The Morgan fingerprint density at radius 2 is 1.64 bits per heavy atom. The number of rotatable bonds is 11. The van der Waals surface area contributed by atoms with Gasteiger partial charge < -0.3 is 4.74 Å². The van der Waals surface area contributed by atoms with E-state index in [0.717, 1.165) is 17.7 Å². The monoisotopic (exact) mass is 439 g/mol. The molecule has 3 rings (SSSR count). The molecule has 1 aromatic heterocycles. The van der Waals surface area contributed by atoms with Crippen molar-refractivity contribution >= 4 is 26.8 Å². The third-order valence-electron chi connectivity index (χ3n) is 5.08. The summed E-state index contributed by atoms with van der Waals surface area (Å²) >= 11 is 3.85. The lowest BCUT2D eigenvalue weighted by atomic mass is 10.0. The Kier molecular flexibility index (Phi) is 8.35. The molecular weight excluding hydrogens is 410 g/mol. The van der Waals surface area contributed by atoms with Crippen molar-refractivity contribution in [1.29, 1.82) is 0 Å². The molecule has 0 N–H and O–H groups in total. The van der Waals surface area contributed by atoms with E-state index in [-0.39, 0.29) is 0 Å². The Balaban J connectivity index is 1.59. The molecule has 148 valence electrons. The Hall–Kier alpha value is -1.87. The number of unbranched alkanes of at least 4 members (excludes halogenated alkanes) is 3. The second kappa shape index (κ2) is 11.2. The fourth-order valence-corrected chi connectivity index (χ4v) is 4.15. The molecule has 28 heavy (non-hydrogen) atoms. The molecule has 0 saturated heterocycles. The number of aromatic nitrogens is 1. The molecule has 0 aliphatic heterocycles. The molecule has 0 amide bonds. The van der Waals surface area contributed by atoms with Crippen molar-refractivity contribution in [3.63, 3.8) is 0 Å². The van der Waals surface area contributed by atoms with Crippen molar-refractivity contribution in [2.75, 3.05) is 0 Å². The molecule has 0 aliphatic rings. The molecule has 0 bridgehead atoms. The van der Waals surface area contributed by atoms with Crippen LogP contribution in [0, 0.1) is 0 Å². The average molecular weight is 440 g/mol. The maximum atomic E-state index is 5.93. The second-order valence-corrected chi connectivity index (χ2v) is 8.69. The normalized spacial score (nSPS) is 12.2. The molecular formula is C25H30BrNO. The number of nitrogens with zero attached hydrogens (tertiary/aromatic N) is 1. The summed E-state index contributed by atoms with van der Waals surface area (Å²) in [5, 5.41) is 1.18. The van der Waals surface area contributed by atoms with Crippen LogP contribution in [-0.2, 0) is 6.42 Å². The summed E-state index contributed by atoms with van der Waals surface area (Å²) in [5.74, 6) is 1.47. The van der Waals surface area contributed by atoms with E-state index in [1.807, 2.05) is 36.4 Å². The number of alkyl halides is 1. The van der Waals surface area contributed by atoms with Crippen LogP contribution in [0.3, 0.4) is 0 Å². The van der Waals surface area contributed by atoms with Crippen LogP contribution >= 0.6 is 15.9 Å². The standard InChI is InChI=1S/C25H30BrNO/c1-2-3-5-14-22(26)15-9-8-11-20-12-10-13-21-18-19-24(27-25(20)21)28-23-16-6-4-7-17-23/h4,6-7,10,12-13,16-19,22H,2-3,5,8-9,11,14-15H2,1H3. The minimum atomic E-state index is 0.655. The Morgan fingerprint density at radius 3 is 2.43 bits per heavy atom. The topological polar surface area (TPSA) is 22.1 Å². The van der Waals surface area contributed by atoms with Gasteiger partial charge in [-0.2, -0.15) is 0 Å². The summed E-state index contributed by atoms with van der Waals surface area (Å²) < 4.78 is 5.93. The van der Waals surface area contributed by atoms with E-state index >= 15 is 0 Å². The smallest absolute Gasteiger partial charge is 0.219 e. The number of para-hydroxylation sites is 2. The first kappa shape index (κ1) is 20.9. The van der Waals surface area contributed by atoms with Gasteiger partial charge in [-0.25, -0.2) is 4.98 Å². The summed E-state index contributed by atoms with van der Waals surface area (Å²) in [6.45, 7) is 2.26. The lowest BCUT2D eigenvalue weighted by molar-refractivity contribution is 0.465. The van der Waals surface area contributed by atoms with Crippen molar-refractivity contribution in [3.05, 3.63) is 66.2 Å².